The van der Waals surface area contributed by atoms with E-state index in [4.69, 9.17) is 14.7 Å². The summed E-state index contributed by atoms with van der Waals surface area (Å²) >= 11 is 0. The van der Waals surface area contributed by atoms with E-state index in [0.29, 0.717) is 40.3 Å². The number of nitrogens with one attached hydrogen (secondary N) is 2. The standard InChI is InChI=1S/C22H22N6O2/c1-29-18-4-6-19(7-5-18)30-22-20(26-13-17-3-2-8-25-17)14-27-21(28-22)16-9-15(10-23)11-24-12-16/h4-7,9,11-12,14,17,25-26H,2-3,8,13H2,1H3/t17-/m0/s1. The zero-order valence-electron chi connectivity index (χ0n) is 16.6. The summed E-state index contributed by atoms with van der Waals surface area (Å²) in [6, 6.07) is 11.5. The summed E-state index contributed by atoms with van der Waals surface area (Å²) in [6.45, 7) is 1.80. The molecule has 30 heavy (non-hydrogen) atoms. The largest absolute Gasteiger partial charge is 0.497 e. The number of rotatable bonds is 7. The third kappa shape index (κ3) is 4.64. The van der Waals surface area contributed by atoms with Crippen molar-refractivity contribution in [1.29, 1.82) is 5.26 Å². The van der Waals surface area contributed by atoms with Crippen LogP contribution < -0.4 is 20.1 Å². The van der Waals surface area contributed by atoms with Crippen LogP contribution in [0.2, 0.25) is 0 Å². The molecule has 0 spiro atoms. The number of methoxy groups -OCH3 is 1. The Balaban J connectivity index is 1.63. The number of benzene rings is 1. The van der Waals surface area contributed by atoms with Gasteiger partial charge in [0.25, 0.3) is 0 Å². The maximum atomic E-state index is 9.14. The molecule has 1 atom stereocenters. The van der Waals surface area contributed by atoms with Crippen molar-refractivity contribution in [3.8, 4) is 34.8 Å². The smallest absolute Gasteiger partial charge is 0.246 e. The molecule has 1 saturated heterocycles. The molecule has 1 aliphatic heterocycles. The molecule has 3 heterocycles. The zero-order chi connectivity index (χ0) is 20.8. The zero-order valence-corrected chi connectivity index (χ0v) is 16.6. The number of pyridine rings is 1. The van der Waals surface area contributed by atoms with Crippen molar-refractivity contribution < 1.29 is 9.47 Å². The van der Waals surface area contributed by atoms with Gasteiger partial charge in [0.05, 0.1) is 18.9 Å². The van der Waals surface area contributed by atoms with Crippen LogP contribution in [0, 0.1) is 11.3 Å². The summed E-state index contributed by atoms with van der Waals surface area (Å²) in [5, 5.41) is 16.0. The van der Waals surface area contributed by atoms with Crippen LogP contribution in [0.5, 0.6) is 17.4 Å². The van der Waals surface area contributed by atoms with E-state index in [0.717, 1.165) is 25.3 Å². The Bertz CT molecular complexity index is 1040. The van der Waals surface area contributed by atoms with Crippen LogP contribution in [-0.4, -0.2) is 41.2 Å². The van der Waals surface area contributed by atoms with Crippen LogP contribution >= 0.6 is 0 Å². The van der Waals surface area contributed by atoms with Crippen LogP contribution in [0.3, 0.4) is 0 Å². The highest BCUT2D eigenvalue weighted by molar-refractivity contribution is 5.61. The number of hydrogen-bond donors (Lipinski definition) is 2. The molecular formula is C22H22N6O2. The second kappa shape index (κ2) is 9.20. The highest BCUT2D eigenvalue weighted by Crippen LogP contribution is 2.30. The first-order valence-electron chi connectivity index (χ1n) is 9.77. The molecule has 0 amide bonds. The minimum Gasteiger partial charge on any atom is -0.497 e. The summed E-state index contributed by atoms with van der Waals surface area (Å²) in [5.74, 6) is 2.22. The summed E-state index contributed by atoms with van der Waals surface area (Å²) in [7, 11) is 1.62. The van der Waals surface area contributed by atoms with Crippen molar-refractivity contribution in [2.75, 3.05) is 25.5 Å². The van der Waals surface area contributed by atoms with Crippen molar-refractivity contribution in [3.63, 3.8) is 0 Å². The fraction of sp³-hybridized carbons (Fsp3) is 0.273. The van der Waals surface area contributed by atoms with Crippen LogP contribution in [0.15, 0.2) is 48.9 Å². The van der Waals surface area contributed by atoms with E-state index in [2.05, 4.69) is 31.7 Å². The van der Waals surface area contributed by atoms with Gasteiger partial charge < -0.3 is 20.1 Å². The van der Waals surface area contributed by atoms with E-state index in [9.17, 15) is 0 Å². The molecule has 8 nitrogen and oxygen atoms in total. The van der Waals surface area contributed by atoms with E-state index in [-0.39, 0.29) is 0 Å². The Labute approximate surface area is 174 Å². The second-order valence-corrected chi connectivity index (χ2v) is 6.94. The average Bonchev–Trinajstić information content (AvgIpc) is 3.32. The summed E-state index contributed by atoms with van der Waals surface area (Å²) in [4.78, 5) is 13.2. The number of nitrogens with zero attached hydrogens (tertiary/aromatic N) is 4. The van der Waals surface area contributed by atoms with Gasteiger partial charge in [-0.25, -0.2) is 4.98 Å². The lowest BCUT2D eigenvalue weighted by atomic mass is 10.2. The molecule has 2 N–H and O–H groups in total. The van der Waals surface area contributed by atoms with E-state index >= 15 is 0 Å². The maximum absolute atomic E-state index is 9.14. The monoisotopic (exact) mass is 402 g/mol. The number of nitriles is 1. The molecule has 152 valence electrons. The van der Waals surface area contributed by atoms with Gasteiger partial charge in [0, 0.05) is 30.5 Å². The van der Waals surface area contributed by atoms with Gasteiger partial charge in [-0.2, -0.15) is 10.2 Å². The molecule has 1 aliphatic rings. The molecular weight excluding hydrogens is 380 g/mol. The summed E-state index contributed by atoms with van der Waals surface area (Å²) in [5.41, 5.74) is 1.80. The SMILES string of the molecule is COc1ccc(Oc2nc(-c3cncc(C#N)c3)ncc2NC[C@@H]2CCCN2)cc1. The van der Waals surface area contributed by atoms with Gasteiger partial charge in [-0.1, -0.05) is 0 Å². The highest BCUT2D eigenvalue weighted by Gasteiger charge is 2.17. The molecule has 0 unspecified atom stereocenters. The Morgan fingerprint density at radius 2 is 2.03 bits per heavy atom. The first-order valence-corrected chi connectivity index (χ1v) is 9.77. The highest BCUT2D eigenvalue weighted by atomic mass is 16.5. The molecule has 1 aromatic carbocycles. The number of aromatic nitrogens is 3. The van der Waals surface area contributed by atoms with Crippen LogP contribution in [0.1, 0.15) is 18.4 Å². The second-order valence-electron chi connectivity index (χ2n) is 6.94. The van der Waals surface area contributed by atoms with Crippen LogP contribution in [0.4, 0.5) is 5.69 Å². The van der Waals surface area contributed by atoms with E-state index < -0.39 is 0 Å². The Kier molecular flexibility index (Phi) is 6.01. The third-order valence-electron chi connectivity index (χ3n) is 4.85. The molecule has 3 aromatic rings. The van der Waals surface area contributed by atoms with Crippen LogP contribution in [0.25, 0.3) is 11.4 Å². The minimum absolute atomic E-state index is 0.408. The lowest BCUT2D eigenvalue weighted by Gasteiger charge is -2.16. The predicted octanol–water partition coefficient (Wildman–Crippen LogP) is 3.38. The first-order chi connectivity index (χ1) is 14.7. The molecule has 4 rings (SSSR count). The Morgan fingerprint density at radius 3 is 2.77 bits per heavy atom. The number of anilines is 1. The van der Waals surface area contributed by atoms with Gasteiger partial charge in [0.15, 0.2) is 5.82 Å². The molecule has 0 radical (unpaired) electrons. The maximum Gasteiger partial charge on any atom is 0.246 e. The fourth-order valence-corrected chi connectivity index (χ4v) is 3.25. The van der Waals surface area contributed by atoms with Crippen molar-refractivity contribution in [3.05, 3.63) is 54.5 Å². The quantitative estimate of drug-likeness (QED) is 0.620. The van der Waals surface area contributed by atoms with E-state index in [1.54, 1.807) is 25.6 Å². The predicted molar refractivity (Wildman–Crippen MR) is 113 cm³/mol. The van der Waals surface area contributed by atoms with Crippen LogP contribution in [-0.2, 0) is 0 Å². The molecule has 1 fully saturated rings. The summed E-state index contributed by atoms with van der Waals surface area (Å²) < 4.78 is 11.3. The molecule has 0 bridgehead atoms. The van der Waals surface area contributed by atoms with Crippen molar-refractivity contribution in [1.82, 2.24) is 20.3 Å². The Morgan fingerprint density at radius 1 is 1.20 bits per heavy atom. The lowest BCUT2D eigenvalue weighted by molar-refractivity contribution is 0.412. The van der Waals surface area contributed by atoms with Crippen molar-refractivity contribution >= 4 is 5.69 Å². The minimum atomic E-state index is 0.408. The Hall–Kier alpha value is -3.70. The van der Waals surface area contributed by atoms with Crippen molar-refractivity contribution in [2.24, 2.45) is 0 Å². The van der Waals surface area contributed by atoms with Gasteiger partial charge >= 0.3 is 0 Å². The number of ether oxygens (including phenoxy) is 2. The van der Waals surface area contributed by atoms with Crippen molar-refractivity contribution in [2.45, 2.75) is 18.9 Å². The summed E-state index contributed by atoms with van der Waals surface area (Å²) in [6.07, 6.45) is 7.15. The lowest BCUT2D eigenvalue weighted by Crippen LogP contribution is -2.29. The van der Waals surface area contributed by atoms with Gasteiger partial charge in [-0.05, 0) is 49.7 Å². The van der Waals surface area contributed by atoms with E-state index in [1.165, 1.54) is 12.6 Å². The third-order valence-corrected chi connectivity index (χ3v) is 4.85. The first kappa shape index (κ1) is 19.6. The van der Waals surface area contributed by atoms with Gasteiger partial charge in [-0.15, -0.1) is 0 Å². The van der Waals surface area contributed by atoms with Gasteiger partial charge in [-0.3, -0.25) is 4.98 Å². The van der Waals surface area contributed by atoms with E-state index in [1.807, 2.05) is 24.3 Å². The topological polar surface area (TPSA) is 105 Å². The van der Waals surface area contributed by atoms with Gasteiger partial charge in [0.1, 0.15) is 23.3 Å². The molecule has 8 heteroatoms. The van der Waals surface area contributed by atoms with Gasteiger partial charge in [0.2, 0.25) is 5.88 Å². The molecule has 0 aliphatic carbocycles. The average molecular weight is 402 g/mol. The normalized spacial score (nSPS) is 15.4. The fourth-order valence-electron chi connectivity index (χ4n) is 3.25. The molecule has 0 saturated carbocycles. The number of hydrogen-bond acceptors (Lipinski definition) is 8. The molecule has 2 aromatic heterocycles.